The quantitative estimate of drug-likeness (QED) is 0.570. The Balaban J connectivity index is 1.84. The van der Waals surface area contributed by atoms with E-state index in [9.17, 15) is 0 Å². The molecule has 2 heteroatoms. The number of thioether (sulfide) groups is 1. The van der Waals surface area contributed by atoms with Crippen LogP contribution in [0.4, 0.5) is 0 Å². The zero-order chi connectivity index (χ0) is 14.2. The van der Waals surface area contributed by atoms with Crippen LogP contribution in [0.1, 0.15) is 16.4 Å². The summed E-state index contributed by atoms with van der Waals surface area (Å²) in [4.78, 5) is 2.55. The fourth-order valence-electron chi connectivity index (χ4n) is 2.84. The van der Waals surface area contributed by atoms with Crippen LogP contribution in [-0.2, 0) is 0 Å². The number of rotatable bonds is 2. The lowest BCUT2D eigenvalue weighted by Gasteiger charge is -2.23. The Labute approximate surface area is 134 Å². The molecule has 1 aliphatic carbocycles. The summed E-state index contributed by atoms with van der Waals surface area (Å²) >= 11 is 6.68. The fraction of sp³-hybridized carbons (Fsp3) is 0.0526. The minimum Gasteiger partial charge on any atom is -0.166 e. The van der Waals surface area contributed by atoms with Crippen LogP contribution in [0, 0.1) is 0 Å². The summed E-state index contributed by atoms with van der Waals surface area (Å²) in [6.07, 6.45) is 2.28. The Morgan fingerprint density at radius 3 is 2.38 bits per heavy atom. The van der Waals surface area contributed by atoms with Gasteiger partial charge in [-0.25, -0.2) is 0 Å². The first-order chi connectivity index (χ1) is 10.3. The SMILES string of the molecule is SC1C(Sc2ccccc2)=Cc2cccc3cccc1c23. The van der Waals surface area contributed by atoms with E-state index in [1.807, 2.05) is 6.07 Å². The molecule has 0 fully saturated rings. The maximum Gasteiger partial charge on any atom is 0.0585 e. The standard InChI is InChI=1S/C19H14S2/c20-19-16-11-5-7-13-6-4-8-14(18(13)16)12-17(19)21-15-9-2-1-3-10-15/h1-12,19-20H. The van der Waals surface area contributed by atoms with Gasteiger partial charge in [-0.05, 0) is 40.1 Å². The molecule has 0 saturated carbocycles. The summed E-state index contributed by atoms with van der Waals surface area (Å²) in [6.45, 7) is 0. The second kappa shape index (κ2) is 5.28. The highest BCUT2D eigenvalue weighted by atomic mass is 32.2. The highest BCUT2D eigenvalue weighted by Gasteiger charge is 2.21. The van der Waals surface area contributed by atoms with Gasteiger partial charge >= 0.3 is 0 Å². The minimum absolute atomic E-state index is 0.147. The minimum atomic E-state index is 0.147. The lowest BCUT2D eigenvalue weighted by Crippen LogP contribution is -2.00. The molecular formula is C19H14S2. The van der Waals surface area contributed by atoms with Crippen LogP contribution < -0.4 is 0 Å². The molecule has 0 nitrogen and oxygen atoms in total. The van der Waals surface area contributed by atoms with Gasteiger partial charge in [-0.3, -0.25) is 0 Å². The summed E-state index contributed by atoms with van der Waals surface area (Å²) in [5.41, 5.74) is 2.61. The van der Waals surface area contributed by atoms with E-state index >= 15 is 0 Å². The Kier molecular flexibility index (Phi) is 3.28. The van der Waals surface area contributed by atoms with Crippen LogP contribution in [0.15, 0.2) is 76.5 Å². The number of hydrogen-bond acceptors (Lipinski definition) is 2. The summed E-state index contributed by atoms with van der Waals surface area (Å²) in [7, 11) is 0. The fourth-order valence-corrected chi connectivity index (χ4v) is 4.28. The average molecular weight is 306 g/mol. The molecule has 1 atom stereocenters. The average Bonchev–Trinajstić information content (AvgIpc) is 2.53. The van der Waals surface area contributed by atoms with Gasteiger partial charge in [0, 0.05) is 9.80 Å². The van der Waals surface area contributed by atoms with E-state index in [1.165, 1.54) is 31.7 Å². The van der Waals surface area contributed by atoms with Crippen molar-refractivity contribution in [1.82, 2.24) is 0 Å². The Bertz CT molecular complexity index is 829. The predicted octanol–water partition coefficient (Wildman–Crippen LogP) is 5.96. The number of thiol groups is 1. The van der Waals surface area contributed by atoms with E-state index < -0.39 is 0 Å². The zero-order valence-corrected chi connectivity index (χ0v) is 13.1. The topological polar surface area (TPSA) is 0 Å². The maximum atomic E-state index is 4.88. The van der Waals surface area contributed by atoms with E-state index in [0.717, 1.165) is 0 Å². The van der Waals surface area contributed by atoms with Crippen molar-refractivity contribution >= 4 is 41.2 Å². The van der Waals surface area contributed by atoms with Gasteiger partial charge in [-0.15, -0.1) is 0 Å². The lowest BCUT2D eigenvalue weighted by molar-refractivity contribution is 1.23. The monoisotopic (exact) mass is 306 g/mol. The largest absolute Gasteiger partial charge is 0.166 e. The van der Waals surface area contributed by atoms with Gasteiger partial charge in [0.1, 0.15) is 0 Å². The van der Waals surface area contributed by atoms with Crippen LogP contribution in [0.2, 0.25) is 0 Å². The van der Waals surface area contributed by atoms with Crippen molar-refractivity contribution in [2.24, 2.45) is 0 Å². The van der Waals surface area contributed by atoms with Crippen molar-refractivity contribution in [3.8, 4) is 0 Å². The predicted molar refractivity (Wildman–Crippen MR) is 96.0 cm³/mol. The molecule has 1 aliphatic rings. The summed E-state index contributed by atoms with van der Waals surface area (Å²) in [5, 5.41) is 2.79. The molecule has 3 aromatic carbocycles. The van der Waals surface area contributed by atoms with Gasteiger partial charge in [0.05, 0.1) is 5.25 Å². The zero-order valence-electron chi connectivity index (χ0n) is 11.4. The number of benzene rings is 3. The van der Waals surface area contributed by atoms with Gasteiger partial charge in [0.15, 0.2) is 0 Å². The Hall–Kier alpha value is -1.64. The molecule has 0 aliphatic heterocycles. The second-order valence-corrected chi connectivity index (χ2v) is 6.82. The lowest BCUT2D eigenvalue weighted by atomic mass is 9.93. The van der Waals surface area contributed by atoms with Crippen molar-refractivity contribution in [2.75, 3.05) is 0 Å². The molecule has 0 bridgehead atoms. The van der Waals surface area contributed by atoms with Crippen molar-refractivity contribution in [1.29, 1.82) is 0 Å². The summed E-state index contributed by atoms with van der Waals surface area (Å²) in [5.74, 6) is 0. The van der Waals surface area contributed by atoms with Gasteiger partial charge in [-0.2, -0.15) is 12.6 Å². The van der Waals surface area contributed by atoms with Gasteiger partial charge in [0.25, 0.3) is 0 Å². The van der Waals surface area contributed by atoms with E-state index in [1.54, 1.807) is 11.8 Å². The van der Waals surface area contributed by atoms with E-state index in [-0.39, 0.29) is 5.25 Å². The van der Waals surface area contributed by atoms with Crippen LogP contribution >= 0.6 is 24.4 Å². The van der Waals surface area contributed by atoms with Crippen LogP contribution in [0.25, 0.3) is 16.8 Å². The molecule has 3 aromatic rings. The molecule has 0 N–H and O–H groups in total. The van der Waals surface area contributed by atoms with Crippen molar-refractivity contribution in [3.05, 3.63) is 82.8 Å². The van der Waals surface area contributed by atoms with Crippen LogP contribution in [-0.4, -0.2) is 0 Å². The second-order valence-electron chi connectivity index (χ2n) is 5.16. The summed E-state index contributed by atoms with van der Waals surface area (Å²) < 4.78 is 0. The van der Waals surface area contributed by atoms with Gasteiger partial charge < -0.3 is 0 Å². The molecular weight excluding hydrogens is 292 g/mol. The molecule has 0 amide bonds. The first kappa shape index (κ1) is 13.1. The first-order valence-electron chi connectivity index (χ1n) is 6.97. The van der Waals surface area contributed by atoms with E-state index in [0.29, 0.717) is 0 Å². The van der Waals surface area contributed by atoms with E-state index in [4.69, 9.17) is 12.6 Å². The van der Waals surface area contributed by atoms with Crippen LogP contribution in [0.3, 0.4) is 0 Å². The Morgan fingerprint density at radius 1 is 0.810 bits per heavy atom. The third-order valence-corrected chi connectivity index (χ3v) is 5.64. The molecule has 0 radical (unpaired) electrons. The number of hydrogen-bond donors (Lipinski definition) is 1. The van der Waals surface area contributed by atoms with Gasteiger partial charge in [0.2, 0.25) is 0 Å². The highest BCUT2D eigenvalue weighted by Crippen LogP contribution is 2.47. The Morgan fingerprint density at radius 2 is 1.57 bits per heavy atom. The molecule has 1 unspecified atom stereocenters. The maximum absolute atomic E-state index is 4.88. The molecule has 0 spiro atoms. The molecule has 102 valence electrons. The van der Waals surface area contributed by atoms with Crippen molar-refractivity contribution in [3.63, 3.8) is 0 Å². The molecule has 21 heavy (non-hydrogen) atoms. The van der Waals surface area contributed by atoms with E-state index in [2.05, 4.69) is 66.7 Å². The normalized spacial score (nSPS) is 16.8. The van der Waals surface area contributed by atoms with Crippen molar-refractivity contribution < 1.29 is 0 Å². The van der Waals surface area contributed by atoms with Gasteiger partial charge in [-0.1, -0.05) is 66.4 Å². The molecule has 0 aromatic heterocycles. The third kappa shape index (κ3) is 2.29. The molecule has 0 heterocycles. The first-order valence-corrected chi connectivity index (χ1v) is 8.30. The van der Waals surface area contributed by atoms with Crippen molar-refractivity contribution in [2.45, 2.75) is 10.1 Å². The van der Waals surface area contributed by atoms with Crippen LogP contribution in [0.5, 0.6) is 0 Å². The molecule has 0 saturated heterocycles. The third-order valence-electron chi connectivity index (χ3n) is 3.81. The molecule has 4 rings (SSSR count). The summed E-state index contributed by atoms with van der Waals surface area (Å²) in [6, 6.07) is 23.5. The highest BCUT2D eigenvalue weighted by molar-refractivity contribution is 8.04. The smallest absolute Gasteiger partial charge is 0.0585 e.